The molecule has 0 radical (unpaired) electrons. The molecular weight excluding hydrogens is 1820 g/mol. The predicted molar refractivity (Wildman–Crippen MR) is 481 cm³/mol. The monoisotopic (exact) mass is 1960 g/mol. The van der Waals surface area contributed by atoms with Crippen molar-refractivity contribution < 1.29 is 162 Å². The summed E-state index contributed by atoms with van der Waals surface area (Å²) in [6.45, 7) is 18.7. The molecule has 0 aromatic rings. The number of unbranched alkanes of at least 4 members (excludes halogenated alkanes) is 3. The topological polar surface area (TPSA) is 669 Å². The van der Waals surface area contributed by atoms with E-state index in [0.717, 1.165) is 41.5 Å². The van der Waals surface area contributed by atoms with Crippen LogP contribution in [0, 0.1) is 11.8 Å². The van der Waals surface area contributed by atoms with Crippen LogP contribution in [-0.4, -0.2) is 322 Å². The van der Waals surface area contributed by atoms with E-state index in [0.29, 0.717) is 4.90 Å². The van der Waals surface area contributed by atoms with E-state index >= 15 is 28.8 Å². The summed E-state index contributed by atoms with van der Waals surface area (Å²) in [5.74, 6) is -16.7. The maximum atomic E-state index is 15.9. The van der Waals surface area contributed by atoms with Crippen LogP contribution in [0.4, 0.5) is 14.4 Å². The third kappa shape index (κ3) is 42.8. The number of esters is 6. The zero-order valence-corrected chi connectivity index (χ0v) is 81.4. The van der Waals surface area contributed by atoms with Crippen LogP contribution < -0.4 is 70.0 Å². The summed E-state index contributed by atoms with van der Waals surface area (Å²) in [6.07, 6.45) is -9.99. The molecule has 49 nitrogen and oxygen atoms in total. The van der Waals surface area contributed by atoms with E-state index in [-0.39, 0.29) is 149 Å². The third-order valence-electron chi connectivity index (χ3n) is 21.5. The van der Waals surface area contributed by atoms with Gasteiger partial charge in [0.1, 0.15) is 105 Å². The van der Waals surface area contributed by atoms with Gasteiger partial charge in [-0.2, -0.15) is 0 Å². The molecule has 15 N–H and O–H groups in total. The first kappa shape index (κ1) is 118. The summed E-state index contributed by atoms with van der Waals surface area (Å²) < 4.78 is 72.4. The molecule has 4 fully saturated rings. The molecule has 0 aliphatic carbocycles. The molecule has 4 aliphatic heterocycles. The van der Waals surface area contributed by atoms with Crippen LogP contribution in [0.3, 0.4) is 0 Å². The molecule has 4 saturated heterocycles. The van der Waals surface area contributed by atoms with Gasteiger partial charge in [0, 0.05) is 94.4 Å². The number of hydrogen-bond donors (Lipinski definition) is 13. The number of fused-ring (bicyclic) bond motifs is 1. The summed E-state index contributed by atoms with van der Waals surface area (Å²) in [4.78, 5) is 287. The fraction of sp³-hybridized carbons (Fsp3) is 0.719. The number of nitrogens with two attached hydrogens (primary N) is 2. The predicted octanol–water partition coefficient (Wildman–Crippen LogP) is -0.704. The highest BCUT2D eigenvalue weighted by molar-refractivity contribution is 6.04. The van der Waals surface area contributed by atoms with E-state index < -0.39 is 278 Å². The Morgan fingerprint density at radius 1 is 0.493 bits per heavy atom. The number of imide groups is 1. The van der Waals surface area contributed by atoms with Gasteiger partial charge < -0.3 is 136 Å². The minimum atomic E-state index is -1.95. The lowest BCUT2D eigenvalue weighted by Crippen LogP contribution is -2.66. The van der Waals surface area contributed by atoms with Gasteiger partial charge in [-0.05, 0) is 142 Å². The van der Waals surface area contributed by atoms with E-state index in [9.17, 15) is 71.9 Å². The van der Waals surface area contributed by atoms with Gasteiger partial charge in [-0.1, -0.05) is 46.3 Å². The van der Waals surface area contributed by atoms with Gasteiger partial charge in [0.15, 0.2) is 37.0 Å². The van der Waals surface area contributed by atoms with Crippen LogP contribution in [0.2, 0.25) is 0 Å². The number of carbonyl (C=O) groups excluding carboxylic acids is 21. The van der Waals surface area contributed by atoms with Crippen molar-refractivity contribution in [3.63, 3.8) is 0 Å². The molecule has 138 heavy (non-hydrogen) atoms. The van der Waals surface area contributed by atoms with Crippen molar-refractivity contribution in [3.05, 3.63) is 24.3 Å². The SMILES string of the molecule is CC[C@H](C)[C@@H]1NC(=O)[C@H](CCCCN)N(C(=O)OC(C)(C)C)C(=O)[C@H](CCC(=O)NCCC(N)=O)NC(=O)[C@H](CC(C)C)NC(=O)[C@@H](CCCCNC(=O)OC/C=C\CO[C@@H]2O[C@H](COC(C)=O)[C@@H](OC(C)=O)[C@H](OC(C)=O)[C@H]2NC(C)=O)NC(=O)[C@@H]2CCCN2C(=O)[C@H](C)NC(=O)[C@H](CCCCNC(=O)OC/C=C\CO[C@@H]2O[C@H](COC(C)=O)[C@@H](OC(C)=O)[C@H](OC(C)=O)[C@H]2NC(C)=O)NC1=O. The van der Waals surface area contributed by atoms with Crippen molar-refractivity contribution in [1.82, 2.24) is 68.3 Å². The second-order valence-corrected chi connectivity index (χ2v) is 34.9. The summed E-state index contributed by atoms with van der Waals surface area (Å²) in [6, 6.07) is -15.4. The lowest BCUT2D eigenvalue weighted by atomic mass is 9.96. The van der Waals surface area contributed by atoms with Crippen molar-refractivity contribution in [2.45, 2.75) is 329 Å². The molecule has 15 amide bonds. The molecule has 0 bridgehead atoms. The molecule has 4 rings (SSSR count). The highest BCUT2D eigenvalue weighted by Gasteiger charge is 2.54. The smallest absolute Gasteiger partial charge is 0.417 e. The van der Waals surface area contributed by atoms with Gasteiger partial charge >= 0.3 is 54.1 Å². The highest BCUT2D eigenvalue weighted by atomic mass is 16.7. The van der Waals surface area contributed by atoms with Gasteiger partial charge in [0.2, 0.25) is 65.0 Å². The van der Waals surface area contributed by atoms with Gasteiger partial charge in [-0.25, -0.2) is 19.3 Å². The van der Waals surface area contributed by atoms with Crippen LogP contribution in [0.1, 0.15) is 214 Å². The molecule has 776 valence electrons. The molecule has 0 aromatic carbocycles. The first-order valence-electron chi connectivity index (χ1n) is 46.2. The Morgan fingerprint density at radius 3 is 1.39 bits per heavy atom. The Kier molecular flexibility index (Phi) is 51.7. The minimum Gasteiger partial charge on any atom is -0.463 e. The number of hydrogen-bond acceptors (Lipinski definition) is 35. The summed E-state index contributed by atoms with van der Waals surface area (Å²) in [5, 5.41) is 29.0. The second kappa shape index (κ2) is 60.5. The zero-order valence-electron chi connectivity index (χ0n) is 81.4. The number of ether oxygens (including phenoxy) is 13. The molecule has 49 heteroatoms. The Hall–Kier alpha value is -12.2. The number of alkyl carbamates (subject to hydrolysis) is 2. The van der Waals surface area contributed by atoms with Gasteiger partial charge in [0.25, 0.3) is 5.91 Å². The van der Waals surface area contributed by atoms with E-state index in [1.807, 2.05) is 0 Å². The maximum absolute atomic E-state index is 15.9. The van der Waals surface area contributed by atoms with Crippen molar-refractivity contribution >= 4 is 125 Å². The fourth-order valence-corrected chi connectivity index (χ4v) is 15.0. The Morgan fingerprint density at radius 2 is 0.942 bits per heavy atom. The lowest BCUT2D eigenvalue weighted by Gasteiger charge is -2.44. The van der Waals surface area contributed by atoms with Crippen molar-refractivity contribution in [2.24, 2.45) is 23.3 Å². The highest BCUT2D eigenvalue weighted by Crippen LogP contribution is 2.32. The first-order valence-corrected chi connectivity index (χ1v) is 46.2. The molecule has 0 unspecified atom stereocenters. The number of nitrogens with zero attached hydrogens (tertiary/aromatic N) is 2. The number of rotatable bonds is 44. The van der Waals surface area contributed by atoms with E-state index in [4.69, 9.17) is 73.0 Å². The fourth-order valence-electron chi connectivity index (χ4n) is 15.0. The molecule has 0 spiro atoms. The zero-order chi connectivity index (χ0) is 103. The largest absolute Gasteiger partial charge is 0.463 e. The molecule has 19 atom stereocenters. The number of carbonyl (C=O) groups is 21. The van der Waals surface area contributed by atoms with E-state index in [1.54, 1.807) is 27.7 Å². The summed E-state index contributed by atoms with van der Waals surface area (Å²) in [7, 11) is 0. The second-order valence-electron chi connectivity index (χ2n) is 34.9. The molecular formula is C89H141N15O34. The summed E-state index contributed by atoms with van der Waals surface area (Å²) >= 11 is 0. The van der Waals surface area contributed by atoms with Crippen molar-refractivity contribution in [2.75, 3.05) is 72.4 Å². The first-order chi connectivity index (χ1) is 65.1. The van der Waals surface area contributed by atoms with Crippen LogP contribution in [0.25, 0.3) is 0 Å². The number of nitrogens with one attached hydrogen (secondary N) is 11. The third-order valence-corrected chi connectivity index (χ3v) is 21.5. The molecule has 0 aromatic heterocycles. The van der Waals surface area contributed by atoms with Crippen molar-refractivity contribution in [3.8, 4) is 0 Å². The molecule has 0 saturated carbocycles. The Balaban J connectivity index is 1.72. The Labute approximate surface area is 801 Å². The van der Waals surface area contributed by atoms with Crippen LogP contribution in [0.5, 0.6) is 0 Å². The van der Waals surface area contributed by atoms with Crippen LogP contribution >= 0.6 is 0 Å². The average Bonchev–Trinajstić information content (AvgIpc) is 0.959. The van der Waals surface area contributed by atoms with Gasteiger partial charge in [-0.15, -0.1) is 0 Å². The molecule has 4 aliphatic rings. The van der Waals surface area contributed by atoms with E-state index in [1.165, 1.54) is 70.7 Å². The van der Waals surface area contributed by atoms with Crippen LogP contribution in [-0.2, 0) is 148 Å². The average molecular weight is 1970 g/mol. The standard InChI is InChI=1S/C89H141N15O34/c1-17-49(4)69-81(120)99-59(29-19-22-37-93-86(123)128-43-26-24-41-126-84-70(96-51(6)105)74(134-57(12)111)72(132-55(10)109)65(136-84)46-130-53(8)107)76(115)95-50(5)82(121)103-40-28-32-63(103)79(118)98-60(30-20-23-38-94-87(124)129-44-27-25-42-127-85-71(97-52(7)106)75(135-58(13)112)73(133-56(11)110)66(137-85)47-131-54(9)108)77(116)101-62(45-48(2)3)78(117)100-61(33-34-68(114)92-39-35-67(91)113)83(122)104(88(125)138-89(14,15)16)64(80(119)102-69)31-18-21-36-90/h24-27,48-50,59-66,69-75,84-85H,17-23,28-47,90H2,1-16H3,(H2,91,113)(H,92,114)(H,93,123)(H,94,124)(H,95,115)(H,96,105)(H,97,106)(H,98,118)(H,99,120)(H,100,117)(H,101,116)(H,102,119)/b26-24-,27-25-/t49-,50-,59-,60+,61-,62-,63-,64-,65+,66+,69-,70+,71+,72+,73+,74+,75+,84+,85+/m0/s1. The molecule has 4 heterocycles. The van der Waals surface area contributed by atoms with Gasteiger partial charge in [0.05, 0.1) is 13.2 Å². The van der Waals surface area contributed by atoms with E-state index in [2.05, 4.69) is 58.5 Å². The quantitative estimate of drug-likeness (QED) is 0.0155. The normalized spacial score (nSPS) is 25.1. The summed E-state index contributed by atoms with van der Waals surface area (Å²) in [5.41, 5.74) is 9.92. The van der Waals surface area contributed by atoms with Gasteiger partial charge in [-0.3, -0.25) is 86.3 Å². The van der Waals surface area contributed by atoms with Crippen molar-refractivity contribution in [1.29, 1.82) is 0 Å². The number of amides is 15. The lowest BCUT2D eigenvalue weighted by molar-refractivity contribution is -0.275. The maximum Gasteiger partial charge on any atom is 0.417 e. The van der Waals surface area contributed by atoms with Crippen LogP contribution in [0.15, 0.2) is 24.3 Å². The Bertz CT molecular complexity index is 4220. The minimum absolute atomic E-state index is 0.0302. The number of primary amides is 1.